The van der Waals surface area contributed by atoms with E-state index in [4.69, 9.17) is 16.6 Å². The number of hydrogen-bond donors (Lipinski definition) is 2. The van der Waals surface area contributed by atoms with Gasteiger partial charge >= 0.3 is 5.97 Å². The molecule has 0 aliphatic carbocycles. The fourth-order valence-corrected chi connectivity index (χ4v) is 4.63. The third-order valence-corrected chi connectivity index (χ3v) is 6.35. The second-order valence-corrected chi connectivity index (χ2v) is 8.49. The Hall–Kier alpha value is -3.97. The molecule has 1 saturated heterocycles. The van der Waals surface area contributed by atoms with E-state index in [1.54, 1.807) is 24.4 Å². The molecule has 5 rings (SSSR count). The zero-order chi connectivity index (χ0) is 23.7. The monoisotopic (exact) mass is 469 g/mol. The lowest BCUT2D eigenvalue weighted by Gasteiger charge is -2.26. The number of aromatic carboxylic acids is 1. The lowest BCUT2D eigenvalue weighted by Crippen LogP contribution is -2.29. The van der Waals surface area contributed by atoms with Gasteiger partial charge in [0.15, 0.2) is 5.11 Å². The fourth-order valence-electron chi connectivity index (χ4n) is 4.29. The highest BCUT2D eigenvalue weighted by Crippen LogP contribution is 2.43. The van der Waals surface area contributed by atoms with Crippen LogP contribution in [0.25, 0.3) is 11.3 Å². The molecule has 2 N–H and O–H groups in total. The highest BCUT2D eigenvalue weighted by atomic mass is 32.1. The third-order valence-electron chi connectivity index (χ3n) is 6.03. The first kappa shape index (κ1) is 21.9. The normalized spacial score (nSPS) is 17.6. The second-order valence-electron chi connectivity index (χ2n) is 8.10. The first-order valence-electron chi connectivity index (χ1n) is 11.1. The molecule has 1 aliphatic heterocycles. The molecule has 0 radical (unpaired) electrons. The highest BCUT2D eigenvalue weighted by molar-refractivity contribution is 7.80. The number of pyridine rings is 1. The summed E-state index contributed by atoms with van der Waals surface area (Å²) in [6.07, 6.45) is 2.72. The van der Waals surface area contributed by atoms with Crippen LogP contribution in [0.5, 0.6) is 0 Å². The molecule has 2 aromatic heterocycles. The molecule has 2 aromatic carbocycles. The first-order valence-corrected chi connectivity index (χ1v) is 11.5. The molecule has 0 unspecified atom stereocenters. The van der Waals surface area contributed by atoms with Gasteiger partial charge in [-0.1, -0.05) is 37.3 Å². The quantitative estimate of drug-likeness (QED) is 0.347. The average Bonchev–Trinajstić information content (AvgIpc) is 3.49. The molecule has 6 nitrogen and oxygen atoms in total. The number of nitrogens with zero attached hydrogens (tertiary/aromatic N) is 2. The van der Waals surface area contributed by atoms with E-state index in [0.717, 1.165) is 17.8 Å². The van der Waals surface area contributed by atoms with Gasteiger partial charge in [0.1, 0.15) is 17.6 Å². The molecule has 170 valence electrons. The lowest BCUT2D eigenvalue weighted by atomic mass is 10.0. The van der Waals surface area contributed by atoms with Gasteiger partial charge in [0.25, 0.3) is 0 Å². The van der Waals surface area contributed by atoms with Crippen LogP contribution in [0, 0.1) is 0 Å². The van der Waals surface area contributed by atoms with E-state index in [0.29, 0.717) is 22.2 Å². The van der Waals surface area contributed by atoms with Crippen molar-refractivity contribution in [2.75, 3.05) is 4.90 Å². The van der Waals surface area contributed by atoms with Gasteiger partial charge in [0, 0.05) is 17.4 Å². The maximum atomic E-state index is 11.4. The predicted molar refractivity (Wildman–Crippen MR) is 135 cm³/mol. The van der Waals surface area contributed by atoms with Crippen molar-refractivity contribution in [2.45, 2.75) is 25.4 Å². The van der Waals surface area contributed by atoms with Crippen molar-refractivity contribution in [3.8, 4) is 11.3 Å². The van der Waals surface area contributed by atoms with E-state index in [-0.39, 0.29) is 17.6 Å². The summed E-state index contributed by atoms with van der Waals surface area (Å²) in [5, 5.41) is 13.4. The van der Waals surface area contributed by atoms with Crippen LogP contribution in [0.4, 0.5) is 5.69 Å². The number of carboxylic acid groups (broad SMARTS) is 1. The third kappa shape index (κ3) is 4.06. The number of aromatic nitrogens is 1. The number of rotatable bonds is 6. The van der Waals surface area contributed by atoms with Crippen LogP contribution in [-0.4, -0.2) is 21.2 Å². The van der Waals surface area contributed by atoms with Gasteiger partial charge in [0.2, 0.25) is 0 Å². The van der Waals surface area contributed by atoms with Crippen LogP contribution >= 0.6 is 12.2 Å². The number of carbonyl (C=O) groups is 1. The van der Waals surface area contributed by atoms with E-state index < -0.39 is 5.97 Å². The summed E-state index contributed by atoms with van der Waals surface area (Å²) < 4.78 is 6.32. The van der Waals surface area contributed by atoms with Crippen molar-refractivity contribution >= 4 is 29.0 Å². The molecule has 3 heterocycles. The topological polar surface area (TPSA) is 78.6 Å². The summed E-state index contributed by atoms with van der Waals surface area (Å²) >= 11 is 5.76. The van der Waals surface area contributed by atoms with Gasteiger partial charge < -0.3 is 19.7 Å². The molecule has 0 spiro atoms. The Morgan fingerprint density at radius 3 is 2.62 bits per heavy atom. The molecular formula is C27H23N3O3S. The first-order chi connectivity index (χ1) is 16.5. The van der Waals surface area contributed by atoms with Crippen LogP contribution in [0.2, 0.25) is 0 Å². The molecule has 0 saturated carbocycles. The average molecular weight is 470 g/mol. The number of aryl methyl sites for hydroxylation is 1. The number of nitrogens with one attached hydrogen (secondary N) is 1. The van der Waals surface area contributed by atoms with E-state index >= 15 is 0 Å². The molecular weight excluding hydrogens is 446 g/mol. The summed E-state index contributed by atoms with van der Waals surface area (Å²) in [5.74, 6) is 0.325. The zero-order valence-corrected chi connectivity index (χ0v) is 19.3. The van der Waals surface area contributed by atoms with Crippen molar-refractivity contribution < 1.29 is 14.3 Å². The Bertz CT molecular complexity index is 1330. The Morgan fingerprint density at radius 1 is 1.09 bits per heavy atom. The predicted octanol–water partition coefficient (Wildman–Crippen LogP) is 5.78. The van der Waals surface area contributed by atoms with E-state index in [2.05, 4.69) is 46.4 Å². The maximum absolute atomic E-state index is 11.4. The fraction of sp³-hybridized carbons (Fsp3) is 0.148. The largest absolute Gasteiger partial charge is 0.478 e. The molecule has 1 fully saturated rings. The zero-order valence-electron chi connectivity index (χ0n) is 18.5. The van der Waals surface area contributed by atoms with Gasteiger partial charge in [-0.15, -0.1) is 0 Å². The number of hydrogen-bond acceptors (Lipinski definition) is 4. The molecule has 0 amide bonds. The Balaban J connectivity index is 1.58. The SMILES string of the molecule is CCc1ccc(N2C(=S)N[C@@H](c3ccccn3)[C@H]2c2ccc(-c3cccc(C(=O)O)c3)o2)cc1. The smallest absolute Gasteiger partial charge is 0.335 e. The van der Waals surface area contributed by atoms with Gasteiger partial charge in [-0.25, -0.2) is 4.79 Å². The maximum Gasteiger partial charge on any atom is 0.335 e. The molecule has 2 atom stereocenters. The molecule has 7 heteroatoms. The Morgan fingerprint density at radius 2 is 1.91 bits per heavy atom. The number of thiocarbonyl (C=S) groups is 1. The summed E-state index contributed by atoms with van der Waals surface area (Å²) in [5.41, 5.74) is 3.98. The number of carboxylic acids is 1. The standard InChI is InChI=1S/C27H23N3O3S/c1-2-17-9-11-20(12-10-17)30-25(24(29-27(30)34)21-8-3-4-15-28-21)23-14-13-22(33-23)18-6-5-7-19(16-18)26(31)32/h3-16,24-25H,2H2,1H3,(H,29,34)(H,31,32)/t24-,25+/m0/s1. The lowest BCUT2D eigenvalue weighted by molar-refractivity contribution is 0.0697. The summed E-state index contributed by atoms with van der Waals surface area (Å²) in [4.78, 5) is 18.0. The van der Waals surface area contributed by atoms with Gasteiger partial charge in [-0.2, -0.15) is 0 Å². The molecule has 34 heavy (non-hydrogen) atoms. The van der Waals surface area contributed by atoms with Crippen molar-refractivity contribution in [3.63, 3.8) is 0 Å². The minimum absolute atomic E-state index is 0.211. The second kappa shape index (κ2) is 9.11. The highest BCUT2D eigenvalue weighted by Gasteiger charge is 2.42. The van der Waals surface area contributed by atoms with Gasteiger partial charge in [0.05, 0.1) is 17.3 Å². The number of benzene rings is 2. The summed E-state index contributed by atoms with van der Waals surface area (Å²) in [7, 11) is 0. The minimum atomic E-state index is -0.976. The van der Waals surface area contributed by atoms with Crippen LogP contribution in [0.15, 0.2) is 89.5 Å². The van der Waals surface area contributed by atoms with Crippen LogP contribution in [0.1, 0.15) is 46.4 Å². The molecule has 4 aromatic rings. The Kier molecular flexibility index (Phi) is 5.86. The van der Waals surface area contributed by atoms with Gasteiger partial charge in [-0.3, -0.25) is 4.98 Å². The molecule has 1 aliphatic rings. The van der Waals surface area contributed by atoms with Crippen molar-refractivity contribution in [3.05, 3.63) is 108 Å². The van der Waals surface area contributed by atoms with Gasteiger partial charge in [-0.05, 0) is 72.7 Å². The number of furan rings is 1. The summed E-state index contributed by atoms with van der Waals surface area (Å²) in [6, 6.07) is 24.2. The van der Waals surface area contributed by atoms with E-state index in [9.17, 15) is 9.90 Å². The van der Waals surface area contributed by atoms with E-state index in [1.165, 1.54) is 5.56 Å². The summed E-state index contributed by atoms with van der Waals surface area (Å²) in [6.45, 7) is 2.13. The Labute approximate surface area is 202 Å². The minimum Gasteiger partial charge on any atom is -0.478 e. The van der Waals surface area contributed by atoms with Crippen molar-refractivity contribution in [1.82, 2.24) is 10.3 Å². The van der Waals surface area contributed by atoms with Crippen LogP contribution in [-0.2, 0) is 6.42 Å². The van der Waals surface area contributed by atoms with Crippen molar-refractivity contribution in [2.24, 2.45) is 0 Å². The number of anilines is 1. The van der Waals surface area contributed by atoms with Crippen molar-refractivity contribution in [1.29, 1.82) is 0 Å². The molecule has 0 bridgehead atoms. The van der Waals surface area contributed by atoms with Crippen LogP contribution < -0.4 is 10.2 Å². The van der Waals surface area contributed by atoms with E-state index in [1.807, 2.05) is 36.4 Å². The van der Waals surface area contributed by atoms with Crippen LogP contribution in [0.3, 0.4) is 0 Å².